The maximum absolute atomic E-state index is 13.3. The quantitative estimate of drug-likeness (QED) is 0.526. The minimum Gasteiger partial charge on any atom is -0.481 e. The molecule has 130 valence electrons. The van der Waals surface area contributed by atoms with Crippen LogP contribution in [0.4, 0.5) is 4.39 Å². The third-order valence-electron chi connectivity index (χ3n) is 4.68. The van der Waals surface area contributed by atoms with Gasteiger partial charge in [-0.1, -0.05) is 42.8 Å². The molecule has 0 saturated heterocycles. The van der Waals surface area contributed by atoms with Crippen LogP contribution >= 0.6 is 11.6 Å². The maximum atomic E-state index is 13.3. The van der Waals surface area contributed by atoms with Gasteiger partial charge in [-0.05, 0) is 59.9 Å². The second kappa shape index (κ2) is 7.83. The molecule has 3 aromatic rings. The number of pyridine rings is 1. The average Bonchev–Trinajstić information content (AvgIpc) is 2.65. The van der Waals surface area contributed by atoms with Crippen molar-refractivity contribution in [2.24, 2.45) is 0 Å². The van der Waals surface area contributed by atoms with Gasteiger partial charge in [0, 0.05) is 11.6 Å². The molecule has 0 bridgehead atoms. The molecule has 2 aromatic carbocycles. The molecule has 0 aliphatic rings. The second-order valence-corrected chi connectivity index (χ2v) is 6.57. The first-order valence-corrected chi connectivity index (χ1v) is 8.87. The molecule has 0 spiro atoms. The Hall–Kier alpha value is -2.13. The van der Waals surface area contributed by atoms with Crippen LogP contribution in [0.5, 0.6) is 5.88 Å². The molecule has 1 aromatic heterocycles. The highest BCUT2D eigenvalue weighted by Gasteiger charge is 2.16. The number of nitrogens with zero attached hydrogens (tertiary/aromatic N) is 1. The number of hydrogen-bond acceptors (Lipinski definition) is 2. The number of aryl methyl sites for hydroxylation is 1. The number of methoxy groups -OCH3 is 1. The largest absolute Gasteiger partial charge is 0.481 e. The van der Waals surface area contributed by atoms with Crippen LogP contribution in [0.25, 0.3) is 10.8 Å². The summed E-state index contributed by atoms with van der Waals surface area (Å²) >= 11 is 5.89. The Morgan fingerprint density at radius 2 is 1.92 bits per heavy atom. The molecule has 0 saturated carbocycles. The lowest BCUT2D eigenvalue weighted by molar-refractivity contribution is 0.403. The van der Waals surface area contributed by atoms with Gasteiger partial charge in [0.25, 0.3) is 0 Å². The Kier molecular flexibility index (Phi) is 5.54. The van der Waals surface area contributed by atoms with Gasteiger partial charge >= 0.3 is 0 Å². The predicted molar refractivity (Wildman–Crippen MR) is 101 cm³/mol. The fourth-order valence-corrected chi connectivity index (χ4v) is 3.50. The normalized spacial score (nSPS) is 12.3. The smallest absolute Gasteiger partial charge is 0.221 e. The summed E-state index contributed by atoms with van der Waals surface area (Å²) in [5.41, 5.74) is 2.28. The average molecular weight is 358 g/mol. The highest BCUT2D eigenvalue weighted by molar-refractivity contribution is 6.30. The van der Waals surface area contributed by atoms with Gasteiger partial charge in [0.2, 0.25) is 5.88 Å². The van der Waals surface area contributed by atoms with Gasteiger partial charge in [0.05, 0.1) is 12.1 Å². The van der Waals surface area contributed by atoms with E-state index in [0.29, 0.717) is 11.8 Å². The van der Waals surface area contributed by atoms with E-state index in [1.54, 1.807) is 19.2 Å². The Bertz CT molecular complexity index is 881. The van der Waals surface area contributed by atoms with E-state index in [4.69, 9.17) is 16.3 Å². The number of rotatable bonds is 6. The number of fused-ring (bicyclic) bond motifs is 1. The first-order valence-electron chi connectivity index (χ1n) is 8.49. The standard InChI is InChI=1S/C21H21ClFNO/c1-3-15(10-8-14-9-11-20(23)19(22)12-14)18-13-24-21(25-2)17-7-5-4-6-16(17)18/h4-7,9,11-13,15H,3,8,10H2,1-2H3. The van der Waals surface area contributed by atoms with Gasteiger partial charge in [-0.15, -0.1) is 0 Å². The van der Waals surface area contributed by atoms with Crippen molar-refractivity contribution in [1.29, 1.82) is 0 Å². The van der Waals surface area contributed by atoms with Crippen LogP contribution in [-0.2, 0) is 6.42 Å². The number of benzene rings is 2. The highest BCUT2D eigenvalue weighted by atomic mass is 35.5. The molecule has 2 nitrogen and oxygen atoms in total. The fraction of sp³-hybridized carbons (Fsp3) is 0.286. The van der Waals surface area contributed by atoms with Crippen molar-refractivity contribution in [3.63, 3.8) is 0 Å². The van der Waals surface area contributed by atoms with Gasteiger partial charge in [-0.2, -0.15) is 0 Å². The number of hydrogen-bond donors (Lipinski definition) is 0. The van der Waals surface area contributed by atoms with E-state index < -0.39 is 0 Å². The number of aromatic nitrogens is 1. The van der Waals surface area contributed by atoms with Crippen LogP contribution in [0.15, 0.2) is 48.7 Å². The van der Waals surface area contributed by atoms with Crippen LogP contribution in [0, 0.1) is 5.82 Å². The van der Waals surface area contributed by atoms with Crippen molar-refractivity contribution >= 4 is 22.4 Å². The summed E-state index contributed by atoms with van der Waals surface area (Å²) in [5.74, 6) is 0.648. The van der Waals surface area contributed by atoms with Crippen LogP contribution in [0.3, 0.4) is 0 Å². The molecule has 1 heterocycles. The molecule has 25 heavy (non-hydrogen) atoms. The van der Waals surface area contributed by atoms with E-state index in [1.807, 2.05) is 24.4 Å². The van der Waals surface area contributed by atoms with Crippen LogP contribution in [0.2, 0.25) is 5.02 Å². The van der Waals surface area contributed by atoms with Crippen LogP contribution in [-0.4, -0.2) is 12.1 Å². The van der Waals surface area contributed by atoms with E-state index in [2.05, 4.69) is 18.0 Å². The van der Waals surface area contributed by atoms with E-state index >= 15 is 0 Å². The molecule has 0 aliphatic heterocycles. The highest BCUT2D eigenvalue weighted by Crippen LogP contribution is 2.34. The van der Waals surface area contributed by atoms with Crippen molar-refractivity contribution in [2.45, 2.75) is 32.1 Å². The molecule has 0 fully saturated rings. The third-order valence-corrected chi connectivity index (χ3v) is 4.97. The minimum absolute atomic E-state index is 0.183. The molecule has 0 aliphatic carbocycles. The second-order valence-electron chi connectivity index (χ2n) is 6.16. The molecule has 1 unspecified atom stereocenters. The van der Waals surface area contributed by atoms with Gasteiger partial charge in [-0.25, -0.2) is 9.37 Å². The zero-order valence-corrected chi connectivity index (χ0v) is 15.2. The summed E-state index contributed by atoms with van der Waals surface area (Å²) in [5, 5.41) is 2.39. The Balaban J connectivity index is 1.88. The van der Waals surface area contributed by atoms with Crippen molar-refractivity contribution in [2.75, 3.05) is 7.11 Å². The molecular formula is C21H21ClFNO. The van der Waals surface area contributed by atoms with Crippen molar-refractivity contribution in [3.05, 3.63) is 70.6 Å². The monoisotopic (exact) mass is 357 g/mol. The molecule has 1 atom stereocenters. The summed E-state index contributed by atoms with van der Waals surface area (Å²) in [4.78, 5) is 4.48. The topological polar surface area (TPSA) is 22.1 Å². The fourth-order valence-electron chi connectivity index (χ4n) is 3.29. The van der Waals surface area contributed by atoms with Gasteiger partial charge in [0.15, 0.2) is 0 Å². The summed E-state index contributed by atoms with van der Waals surface area (Å²) in [6.45, 7) is 2.18. The number of halogens is 2. The van der Waals surface area contributed by atoms with Gasteiger partial charge < -0.3 is 4.74 Å². The molecular weight excluding hydrogens is 337 g/mol. The predicted octanol–water partition coefficient (Wildman–Crippen LogP) is 6.16. The Labute approximate surface area is 152 Å². The van der Waals surface area contributed by atoms with Crippen LogP contribution in [0.1, 0.15) is 36.8 Å². The molecule has 3 rings (SSSR count). The SMILES string of the molecule is CCC(CCc1ccc(F)c(Cl)c1)c1cnc(OC)c2ccccc12. The number of ether oxygens (including phenoxy) is 1. The van der Waals surface area contributed by atoms with Gasteiger partial charge in [-0.3, -0.25) is 0 Å². The van der Waals surface area contributed by atoms with Crippen molar-refractivity contribution in [1.82, 2.24) is 4.98 Å². The lowest BCUT2D eigenvalue weighted by Crippen LogP contribution is -2.03. The Morgan fingerprint density at radius 1 is 1.16 bits per heavy atom. The first kappa shape index (κ1) is 17.7. The first-order chi connectivity index (χ1) is 12.1. The molecule has 0 radical (unpaired) electrons. The van der Waals surface area contributed by atoms with E-state index in [1.165, 1.54) is 17.0 Å². The third kappa shape index (κ3) is 3.77. The minimum atomic E-state index is -0.372. The molecule has 0 amide bonds. The van der Waals surface area contributed by atoms with Crippen molar-refractivity contribution < 1.29 is 9.13 Å². The van der Waals surface area contributed by atoms with Crippen LogP contribution < -0.4 is 4.74 Å². The lowest BCUT2D eigenvalue weighted by Gasteiger charge is -2.18. The molecule has 4 heteroatoms. The van der Waals surface area contributed by atoms with E-state index in [0.717, 1.165) is 30.2 Å². The summed E-state index contributed by atoms with van der Waals surface area (Å²) < 4.78 is 18.7. The summed E-state index contributed by atoms with van der Waals surface area (Å²) in [7, 11) is 1.64. The molecule has 0 N–H and O–H groups in total. The zero-order valence-electron chi connectivity index (χ0n) is 14.4. The van der Waals surface area contributed by atoms with Gasteiger partial charge in [0.1, 0.15) is 5.82 Å². The summed E-state index contributed by atoms with van der Waals surface area (Å²) in [6, 6.07) is 13.1. The van der Waals surface area contributed by atoms with E-state index in [-0.39, 0.29) is 10.8 Å². The Morgan fingerprint density at radius 3 is 2.60 bits per heavy atom. The van der Waals surface area contributed by atoms with Crippen molar-refractivity contribution in [3.8, 4) is 5.88 Å². The summed E-state index contributed by atoms with van der Waals surface area (Å²) in [6.07, 6.45) is 4.73. The maximum Gasteiger partial charge on any atom is 0.221 e. The van der Waals surface area contributed by atoms with E-state index in [9.17, 15) is 4.39 Å². The lowest BCUT2D eigenvalue weighted by atomic mass is 9.88. The zero-order chi connectivity index (χ0) is 17.8.